The molecule has 1 atom stereocenters. The Bertz CT molecular complexity index is 971. The highest BCUT2D eigenvalue weighted by Crippen LogP contribution is 2.38. The molecule has 2 aromatic carbocycles. The maximum atomic E-state index is 13.2. The number of anilines is 2. The number of hydrogen-bond acceptors (Lipinski definition) is 5. The van der Waals surface area contributed by atoms with Crippen LogP contribution >= 0.6 is 0 Å². The topological polar surface area (TPSA) is 84.9 Å². The number of rotatable bonds is 6. The zero-order chi connectivity index (χ0) is 21.2. The van der Waals surface area contributed by atoms with Gasteiger partial charge in [-0.15, -0.1) is 0 Å². The fourth-order valence-corrected chi connectivity index (χ4v) is 5.06. The van der Waals surface area contributed by atoms with Crippen LogP contribution in [0.15, 0.2) is 48.5 Å². The molecular weight excluding hydrogens is 392 g/mol. The van der Waals surface area contributed by atoms with E-state index in [1.165, 1.54) is 11.2 Å². The van der Waals surface area contributed by atoms with E-state index in [2.05, 4.69) is 5.32 Å². The van der Waals surface area contributed by atoms with E-state index in [0.29, 0.717) is 22.9 Å². The second kappa shape index (κ2) is 7.94. The van der Waals surface area contributed by atoms with E-state index < -0.39 is 20.7 Å². The molecule has 1 aliphatic rings. The van der Waals surface area contributed by atoms with Gasteiger partial charge in [0, 0.05) is 12.2 Å². The van der Waals surface area contributed by atoms with Crippen molar-refractivity contribution < 1.29 is 22.7 Å². The molecule has 1 amide bonds. The van der Waals surface area contributed by atoms with Crippen LogP contribution in [0.25, 0.3) is 0 Å². The van der Waals surface area contributed by atoms with Crippen LogP contribution in [0.1, 0.15) is 27.2 Å². The summed E-state index contributed by atoms with van der Waals surface area (Å²) in [5, 5.41) is 2.73. The number of nitrogens with zero attached hydrogens (tertiary/aromatic N) is 1. The smallest absolute Gasteiger partial charge is 0.249 e. The molecule has 1 fully saturated rings. The first-order chi connectivity index (χ1) is 13.7. The average molecular weight is 419 g/mol. The summed E-state index contributed by atoms with van der Waals surface area (Å²) in [5.74, 6) is 0.769. The van der Waals surface area contributed by atoms with E-state index in [1.54, 1.807) is 55.6 Å². The third kappa shape index (κ3) is 4.03. The van der Waals surface area contributed by atoms with Crippen molar-refractivity contribution in [2.45, 2.75) is 38.0 Å². The van der Waals surface area contributed by atoms with E-state index in [9.17, 15) is 13.2 Å². The monoisotopic (exact) mass is 418 g/mol. The summed E-state index contributed by atoms with van der Waals surface area (Å²) in [6, 6.07) is 13.6. The predicted molar refractivity (Wildman–Crippen MR) is 113 cm³/mol. The van der Waals surface area contributed by atoms with Gasteiger partial charge in [0.25, 0.3) is 0 Å². The maximum Gasteiger partial charge on any atom is 0.249 e. The van der Waals surface area contributed by atoms with Crippen molar-refractivity contribution in [2.24, 2.45) is 0 Å². The van der Waals surface area contributed by atoms with Crippen LogP contribution in [-0.2, 0) is 14.8 Å². The van der Waals surface area contributed by atoms with Crippen LogP contribution in [-0.4, -0.2) is 38.8 Å². The molecule has 29 heavy (non-hydrogen) atoms. The van der Waals surface area contributed by atoms with Crippen LogP contribution in [0.2, 0.25) is 0 Å². The highest BCUT2D eigenvalue weighted by molar-refractivity contribution is 7.95. The molecule has 1 saturated heterocycles. The number of carbonyl (C=O) groups excluding carboxylic acids is 1. The number of sulfonamides is 1. The van der Waals surface area contributed by atoms with E-state index in [0.717, 1.165) is 0 Å². The first kappa shape index (κ1) is 21.0. The van der Waals surface area contributed by atoms with E-state index in [4.69, 9.17) is 9.47 Å². The van der Waals surface area contributed by atoms with Crippen molar-refractivity contribution in [3.8, 4) is 11.5 Å². The van der Waals surface area contributed by atoms with Gasteiger partial charge in [0.1, 0.15) is 11.5 Å². The third-order valence-electron chi connectivity index (χ3n) is 4.98. The largest absolute Gasteiger partial charge is 0.497 e. The van der Waals surface area contributed by atoms with Gasteiger partial charge in [-0.25, -0.2) is 8.42 Å². The second-order valence-corrected chi connectivity index (χ2v) is 9.69. The summed E-state index contributed by atoms with van der Waals surface area (Å²) in [6.07, 6.45) is 0.240. The minimum Gasteiger partial charge on any atom is -0.497 e. The van der Waals surface area contributed by atoms with Crippen molar-refractivity contribution >= 4 is 27.3 Å². The normalized spacial score (nSPS) is 20.5. The number of nitrogens with one attached hydrogen (secondary N) is 1. The van der Waals surface area contributed by atoms with Gasteiger partial charge in [0.05, 0.1) is 18.9 Å². The molecule has 1 aliphatic heterocycles. The Hall–Kier alpha value is -2.74. The maximum absolute atomic E-state index is 13.2. The average Bonchev–Trinajstić information content (AvgIpc) is 2.93. The van der Waals surface area contributed by atoms with Gasteiger partial charge < -0.3 is 14.8 Å². The van der Waals surface area contributed by atoms with Gasteiger partial charge in [-0.1, -0.05) is 0 Å². The standard InChI is InChI=1S/C21H26N2O5S/c1-15(2)28-19-9-5-16(6-10-19)22-20(24)21(3)13-14-23(29(21,25)26)17-7-11-18(27-4)12-8-17/h5-12,15H,13-14H2,1-4H3,(H,22,24). The minimum atomic E-state index is -3.89. The SMILES string of the molecule is COc1ccc(N2CCC(C)(C(=O)Nc3ccc(OC(C)C)cc3)S2(=O)=O)cc1. The molecule has 0 bridgehead atoms. The molecule has 0 spiro atoms. The lowest BCUT2D eigenvalue weighted by molar-refractivity contribution is -0.118. The number of amides is 1. The minimum absolute atomic E-state index is 0.0434. The van der Waals surface area contributed by atoms with E-state index in [-0.39, 0.29) is 19.1 Å². The van der Waals surface area contributed by atoms with Crippen molar-refractivity contribution in [1.29, 1.82) is 0 Å². The number of hydrogen-bond donors (Lipinski definition) is 1. The number of methoxy groups -OCH3 is 1. The molecule has 0 saturated carbocycles. The lowest BCUT2D eigenvalue weighted by Gasteiger charge is -2.25. The summed E-state index contributed by atoms with van der Waals surface area (Å²) >= 11 is 0. The Labute approximate surface area is 171 Å². The van der Waals surface area contributed by atoms with Gasteiger partial charge in [-0.2, -0.15) is 0 Å². The summed E-state index contributed by atoms with van der Waals surface area (Å²) < 4.78 is 36.8. The zero-order valence-corrected chi connectivity index (χ0v) is 17.8. The third-order valence-corrected chi connectivity index (χ3v) is 7.48. The Morgan fingerprint density at radius 3 is 2.21 bits per heavy atom. The molecule has 3 rings (SSSR count). The molecule has 7 nitrogen and oxygen atoms in total. The summed E-state index contributed by atoms with van der Waals surface area (Å²) in [4.78, 5) is 12.9. The van der Waals surface area contributed by atoms with Crippen molar-refractivity contribution in [3.05, 3.63) is 48.5 Å². The lowest BCUT2D eigenvalue weighted by atomic mass is 10.1. The molecule has 2 aromatic rings. The Kier molecular flexibility index (Phi) is 5.75. The number of benzene rings is 2. The van der Waals surface area contributed by atoms with Gasteiger partial charge in [0.15, 0.2) is 4.75 Å². The number of ether oxygens (including phenoxy) is 2. The molecule has 0 radical (unpaired) electrons. The van der Waals surface area contributed by atoms with Crippen LogP contribution in [0, 0.1) is 0 Å². The molecule has 1 N–H and O–H groups in total. The second-order valence-electron chi connectivity index (χ2n) is 7.40. The van der Waals surface area contributed by atoms with Crippen LogP contribution < -0.4 is 19.1 Å². The first-order valence-electron chi connectivity index (χ1n) is 9.42. The molecule has 1 heterocycles. The fourth-order valence-electron chi connectivity index (χ4n) is 3.21. The molecule has 8 heteroatoms. The van der Waals surface area contributed by atoms with Gasteiger partial charge in [-0.3, -0.25) is 9.10 Å². The molecular formula is C21H26N2O5S. The fraction of sp³-hybridized carbons (Fsp3) is 0.381. The zero-order valence-electron chi connectivity index (χ0n) is 17.0. The van der Waals surface area contributed by atoms with Crippen LogP contribution in [0.5, 0.6) is 11.5 Å². The van der Waals surface area contributed by atoms with Crippen molar-refractivity contribution in [2.75, 3.05) is 23.3 Å². The lowest BCUT2D eigenvalue weighted by Crippen LogP contribution is -2.47. The Morgan fingerprint density at radius 2 is 1.66 bits per heavy atom. The Morgan fingerprint density at radius 1 is 1.07 bits per heavy atom. The van der Waals surface area contributed by atoms with Gasteiger partial charge >= 0.3 is 0 Å². The molecule has 0 aromatic heterocycles. The molecule has 0 aliphatic carbocycles. The molecule has 1 unspecified atom stereocenters. The van der Waals surface area contributed by atoms with Crippen molar-refractivity contribution in [3.63, 3.8) is 0 Å². The van der Waals surface area contributed by atoms with E-state index in [1.807, 2.05) is 13.8 Å². The number of carbonyl (C=O) groups is 1. The van der Waals surface area contributed by atoms with Gasteiger partial charge in [0.2, 0.25) is 15.9 Å². The first-order valence-corrected chi connectivity index (χ1v) is 10.9. The Balaban J connectivity index is 1.77. The van der Waals surface area contributed by atoms with Crippen LogP contribution in [0.4, 0.5) is 11.4 Å². The summed E-state index contributed by atoms with van der Waals surface area (Å²) in [5.41, 5.74) is 1.03. The summed E-state index contributed by atoms with van der Waals surface area (Å²) in [7, 11) is -2.34. The predicted octanol–water partition coefficient (Wildman–Crippen LogP) is 3.42. The quantitative estimate of drug-likeness (QED) is 0.777. The molecule has 156 valence electrons. The van der Waals surface area contributed by atoms with E-state index >= 15 is 0 Å². The highest BCUT2D eigenvalue weighted by Gasteiger charge is 2.54. The highest BCUT2D eigenvalue weighted by atomic mass is 32.2. The summed E-state index contributed by atoms with van der Waals surface area (Å²) in [6.45, 7) is 5.56. The van der Waals surface area contributed by atoms with Gasteiger partial charge in [-0.05, 0) is 75.7 Å². The van der Waals surface area contributed by atoms with Crippen LogP contribution in [0.3, 0.4) is 0 Å². The van der Waals surface area contributed by atoms with Crippen molar-refractivity contribution in [1.82, 2.24) is 0 Å².